The molecule has 0 aromatic carbocycles. The highest BCUT2D eigenvalue weighted by atomic mass is 19.4. The average Bonchev–Trinajstić information content (AvgIpc) is 3.30. The van der Waals surface area contributed by atoms with E-state index in [4.69, 9.17) is 0 Å². The van der Waals surface area contributed by atoms with Crippen molar-refractivity contribution in [1.29, 1.82) is 0 Å². The first kappa shape index (κ1) is 17.7. The Labute approximate surface area is 140 Å². The van der Waals surface area contributed by atoms with E-state index in [1.807, 2.05) is 6.92 Å². The lowest BCUT2D eigenvalue weighted by Gasteiger charge is -2.43. The van der Waals surface area contributed by atoms with E-state index in [-0.39, 0.29) is 17.8 Å². The molecule has 24 heavy (non-hydrogen) atoms. The van der Waals surface area contributed by atoms with E-state index in [1.54, 1.807) is 0 Å². The molecule has 3 rings (SSSR count). The Morgan fingerprint density at radius 1 is 1.33 bits per heavy atom. The van der Waals surface area contributed by atoms with Gasteiger partial charge in [0.2, 0.25) is 5.91 Å². The molecule has 1 N–H and O–H groups in total. The van der Waals surface area contributed by atoms with Crippen LogP contribution >= 0.6 is 0 Å². The first-order chi connectivity index (χ1) is 11.0. The van der Waals surface area contributed by atoms with Gasteiger partial charge < -0.3 is 5.11 Å². The van der Waals surface area contributed by atoms with Gasteiger partial charge in [0.05, 0.1) is 5.92 Å². The van der Waals surface area contributed by atoms with Crippen LogP contribution in [0.5, 0.6) is 0 Å². The molecular weight excluding hydrogens is 321 g/mol. The third-order valence-electron chi connectivity index (χ3n) is 6.28. The zero-order chi connectivity index (χ0) is 17.9. The number of fused-ring (bicyclic) bond motifs is 1. The summed E-state index contributed by atoms with van der Waals surface area (Å²) in [7, 11) is 0. The van der Waals surface area contributed by atoms with E-state index in [0.717, 1.165) is 12.8 Å². The summed E-state index contributed by atoms with van der Waals surface area (Å²) < 4.78 is 41.4. The van der Waals surface area contributed by atoms with Crippen molar-refractivity contribution in [3.05, 3.63) is 0 Å². The number of carbonyl (C=O) groups excluding carboxylic acids is 1. The second-order valence-electron chi connectivity index (χ2n) is 8.11. The molecule has 1 heterocycles. The Hall–Kier alpha value is -1.11. The summed E-state index contributed by atoms with van der Waals surface area (Å²) in [5.74, 6) is -2.20. The molecular formula is C17H25F3N2O2. The first-order valence-corrected chi connectivity index (χ1v) is 8.73. The van der Waals surface area contributed by atoms with Crippen molar-refractivity contribution in [2.75, 3.05) is 0 Å². The Kier molecular flexibility index (Phi) is 4.02. The van der Waals surface area contributed by atoms with Crippen molar-refractivity contribution in [1.82, 2.24) is 5.01 Å². The van der Waals surface area contributed by atoms with Crippen LogP contribution in [0.4, 0.5) is 13.2 Å². The maximum atomic E-state index is 13.8. The number of hydrogen-bond donors (Lipinski definition) is 1. The minimum absolute atomic E-state index is 0.0660. The van der Waals surface area contributed by atoms with Crippen LogP contribution in [-0.4, -0.2) is 33.6 Å². The number of halogens is 3. The molecule has 2 fully saturated rings. The molecule has 0 spiro atoms. The molecule has 0 saturated heterocycles. The van der Waals surface area contributed by atoms with Gasteiger partial charge in [-0.15, -0.1) is 0 Å². The van der Waals surface area contributed by atoms with Crippen LogP contribution in [0.2, 0.25) is 0 Å². The maximum absolute atomic E-state index is 13.8. The topological polar surface area (TPSA) is 52.9 Å². The van der Waals surface area contributed by atoms with Gasteiger partial charge >= 0.3 is 6.18 Å². The Morgan fingerprint density at radius 2 is 1.96 bits per heavy atom. The quantitative estimate of drug-likeness (QED) is 0.847. The summed E-state index contributed by atoms with van der Waals surface area (Å²) in [4.78, 5) is 12.3. The van der Waals surface area contributed by atoms with Gasteiger partial charge in [0.15, 0.2) is 0 Å². The number of nitrogens with zero attached hydrogens (tertiary/aromatic N) is 2. The number of hydrogen-bond acceptors (Lipinski definition) is 3. The van der Waals surface area contributed by atoms with Crippen LogP contribution < -0.4 is 0 Å². The van der Waals surface area contributed by atoms with Crippen molar-refractivity contribution >= 4 is 11.6 Å². The number of amides is 1. The number of hydrazone groups is 1. The van der Waals surface area contributed by atoms with Crippen molar-refractivity contribution in [3.63, 3.8) is 0 Å². The second kappa shape index (κ2) is 5.44. The van der Waals surface area contributed by atoms with E-state index < -0.39 is 29.6 Å². The fraction of sp³-hybridized carbons (Fsp3) is 0.882. The van der Waals surface area contributed by atoms with Gasteiger partial charge in [0, 0.05) is 11.6 Å². The highest BCUT2D eigenvalue weighted by molar-refractivity contribution is 5.94. The normalized spacial score (nSPS) is 34.1. The highest BCUT2D eigenvalue weighted by Crippen LogP contribution is 2.53. The summed E-state index contributed by atoms with van der Waals surface area (Å²) in [5.41, 5.74) is -2.97. The van der Waals surface area contributed by atoms with Crippen LogP contribution in [0, 0.1) is 23.2 Å². The van der Waals surface area contributed by atoms with Crippen molar-refractivity contribution in [3.8, 4) is 0 Å². The van der Waals surface area contributed by atoms with E-state index in [0.29, 0.717) is 30.0 Å². The molecule has 0 aromatic rings. The summed E-state index contributed by atoms with van der Waals surface area (Å²) >= 11 is 0. The molecule has 3 atom stereocenters. The number of alkyl halides is 3. The molecule has 136 valence electrons. The number of rotatable bonds is 3. The fourth-order valence-corrected chi connectivity index (χ4v) is 3.94. The van der Waals surface area contributed by atoms with Crippen LogP contribution in [0.1, 0.15) is 59.3 Å². The molecule has 4 nitrogen and oxygen atoms in total. The minimum Gasteiger partial charge on any atom is -0.362 e. The van der Waals surface area contributed by atoms with E-state index >= 15 is 0 Å². The molecule has 2 saturated carbocycles. The zero-order valence-electron chi connectivity index (χ0n) is 14.4. The van der Waals surface area contributed by atoms with Gasteiger partial charge in [-0.1, -0.05) is 27.2 Å². The van der Waals surface area contributed by atoms with Crippen molar-refractivity contribution in [2.24, 2.45) is 28.3 Å². The molecule has 0 radical (unpaired) electrons. The highest BCUT2D eigenvalue weighted by Gasteiger charge is 2.69. The minimum atomic E-state index is -4.92. The molecule has 1 aliphatic heterocycles. The van der Waals surface area contributed by atoms with E-state index in [9.17, 15) is 23.1 Å². The van der Waals surface area contributed by atoms with Gasteiger partial charge in [-0.2, -0.15) is 23.3 Å². The fourth-order valence-electron chi connectivity index (χ4n) is 3.94. The number of carbonyl (C=O) groups is 1. The summed E-state index contributed by atoms with van der Waals surface area (Å²) in [5, 5.41) is 15.0. The molecule has 3 aliphatic rings. The monoisotopic (exact) mass is 346 g/mol. The van der Waals surface area contributed by atoms with Gasteiger partial charge in [-0.05, 0) is 43.4 Å². The molecule has 0 unspecified atom stereocenters. The van der Waals surface area contributed by atoms with Crippen LogP contribution in [0.15, 0.2) is 5.10 Å². The predicted octanol–water partition coefficient (Wildman–Crippen LogP) is 3.70. The molecule has 1 amide bonds. The number of aliphatic hydroxyl groups is 1. The molecule has 2 aliphatic carbocycles. The van der Waals surface area contributed by atoms with Gasteiger partial charge in [0.25, 0.3) is 5.72 Å². The lowest BCUT2D eigenvalue weighted by Crippen LogP contribution is -2.62. The van der Waals surface area contributed by atoms with Gasteiger partial charge in [0.1, 0.15) is 0 Å². The van der Waals surface area contributed by atoms with Crippen molar-refractivity contribution in [2.45, 2.75) is 71.2 Å². The third kappa shape index (κ3) is 2.55. The molecule has 0 bridgehead atoms. The predicted molar refractivity (Wildman–Crippen MR) is 82.9 cm³/mol. The molecule has 7 heteroatoms. The average molecular weight is 346 g/mol. The Bertz CT molecular complexity index is 569. The van der Waals surface area contributed by atoms with Crippen LogP contribution in [0.3, 0.4) is 0 Å². The van der Waals surface area contributed by atoms with Gasteiger partial charge in [-0.3, -0.25) is 4.79 Å². The smallest absolute Gasteiger partial charge is 0.362 e. The summed E-state index contributed by atoms with van der Waals surface area (Å²) in [6.07, 6.45) is -1.56. The molecule has 0 aromatic heterocycles. The summed E-state index contributed by atoms with van der Waals surface area (Å²) in [6.45, 7) is 6.13. The third-order valence-corrected chi connectivity index (χ3v) is 6.28. The second-order valence-corrected chi connectivity index (χ2v) is 8.11. The SMILES string of the molecule is CCC(C)(C)[C@@H]1CCC2=NN(C(=O)C3CC3)[C@](O)(C(F)(F)F)[C@@H]2C1. The lowest BCUT2D eigenvalue weighted by molar-refractivity contribution is -0.318. The van der Waals surface area contributed by atoms with E-state index in [1.165, 1.54) is 0 Å². The van der Waals surface area contributed by atoms with Gasteiger partial charge in [-0.25, -0.2) is 0 Å². The van der Waals surface area contributed by atoms with Crippen LogP contribution in [0.25, 0.3) is 0 Å². The lowest BCUT2D eigenvalue weighted by atomic mass is 9.64. The Morgan fingerprint density at radius 3 is 2.46 bits per heavy atom. The van der Waals surface area contributed by atoms with Crippen LogP contribution in [-0.2, 0) is 4.79 Å². The maximum Gasteiger partial charge on any atom is 0.439 e. The van der Waals surface area contributed by atoms with E-state index in [2.05, 4.69) is 18.9 Å². The van der Waals surface area contributed by atoms with Crippen molar-refractivity contribution < 1.29 is 23.1 Å². The standard InChI is InChI=1S/C17H25F3N2O2/c1-4-15(2,3)11-7-8-13-12(9-11)16(24,17(18,19)20)22(21-13)14(23)10-5-6-10/h10-12,24H,4-9H2,1-3H3/t11-,12-,16-/m1/s1. The Balaban J connectivity index is 1.94. The largest absolute Gasteiger partial charge is 0.439 e. The summed E-state index contributed by atoms with van der Waals surface area (Å²) in [6, 6.07) is 0. The first-order valence-electron chi connectivity index (χ1n) is 8.73. The zero-order valence-corrected chi connectivity index (χ0v) is 14.4.